The molecule has 1 aromatic heterocycles. The number of halogens is 1. The number of nitrogens with zero attached hydrogens (tertiary/aromatic N) is 1. The fraction of sp³-hybridized carbons (Fsp3) is 0.462. The number of hydrogen-bond donors (Lipinski definition) is 4. The van der Waals surface area contributed by atoms with E-state index in [1.165, 1.54) is 17.3 Å². The van der Waals surface area contributed by atoms with Gasteiger partial charge in [-0.2, -0.15) is 0 Å². The van der Waals surface area contributed by atoms with Crippen LogP contribution in [0.5, 0.6) is 0 Å². The standard InChI is InChI=1S/C13H16BrN2O9P/c14-2-1-7-4-16(13(21)15-12(7)20)10-3-8(17)9(25-10)5-24-26(22,23)6-11(18)19/h1-2,4,8-10,17H,3,5-6H2,(H,18,19)(H,22,23)(H,15,20,21)/b2-1+/t8-,9+,10+/m0/s1. The summed E-state index contributed by atoms with van der Waals surface area (Å²) in [7, 11) is -4.37. The van der Waals surface area contributed by atoms with Crippen LogP contribution in [0.2, 0.25) is 0 Å². The molecular weight excluding hydrogens is 439 g/mol. The third-order valence-electron chi connectivity index (χ3n) is 3.53. The van der Waals surface area contributed by atoms with Crippen molar-refractivity contribution in [3.63, 3.8) is 0 Å². The van der Waals surface area contributed by atoms with Gasteiger partial charge in [-0.1, -0.05) is 15.9 Å². The second kappa shape index (κ2) is 8.42. The maximum Gasteiger partial charge on any atom is 0.339 e. The van der Waals surface area contributed by atoms with E-state index in [-0.39, 0.29) is 12.0 Å². The molecule has 0 aromatic carbocycles. The van der Waals surface area contributed by atoms with Crippen molar-refractivity contribution in [2.24, 2.45) is 0 Å². The number of aromatic amines is 1. The molecule has 2 rings (SSSR count). The quantitative estimate of drug-likeness (QED) is 0.408. The summed E-state index contributed by atoms with van der Waals surface area (Å²) in [4.78, 5) is 47.1. The monoisotopic (exact) mass is 454 g/mol. The first-order chi connectivity index (χ1) is 12.1. The van der Waals surface area contributed by atoms with Crippen molar-refractivity contribution < 1.29 is 33.7 Å². The zero-order chi connectivity index (χ0) is 19.5. The van der Waals surface area contributed by atoms with E-state index in [1.54, 1.807) is 0 Å². The van der Waals surface area contributed by atoms with Gasteiger partial charge in [0, 0.05) is 12.6 Å². The van der Waals surface area contributed by atoms with Gasteiger partial charge in [-0.25, -0.2) is 4.79 Å². The molecule has 1 aromatic rings. The summed E-state index contributed by atoms with van der Waals surface area (Å²) in [5, 5.41) is 18.6. The number of aliphatic hydroxyl groups excluding tert-OH is 1. The van der Waals surface area contributed by atoms with Gasteiger partial charge in [0.05, 0.1) is 18.3 Å². The molecule has 1 fully saturated rings. The molecule has 2 heterocycles. The van der Waals surface area contributed by atoms with Gasteiger partial charge in [0.2, 0.25) is 0 Å². The van der Waals surface area contributed by atoms with Crippen molar-refractivity contribution in [3.05, 3.63) is 37.6 Å². The highest BCUT2D eigenvalue weighted by Gasteiger charge is 2.37. The van der Waals surface area contributed by atoms with Crippen molar-refractivity contribution in [1.29, 1.82) is 0 Å². The number of nitrogens with one attached hydrogen (secondary N) is 1. The summed E-state index contributed by atoms with van der Waals surface area (Å²) in [6.45, 7) is -0.537. The van der Waals surface area contributed by atoms with Gasteiger partial charge < -0.3 is 24.4 Å². The number of carbonyl (C=O) groups is 1. The van der Waals surface area contributed by atoms with Crippen molar-refractivity contribution in [2.45, 2.75) is 24.9 Å². The third kappa shape index (κ3) is 5.22. The Morgan fingerprint density at radius 1 is 1.54 bits per heavy atom. The first-order valence-corrected chi connectivity index (χ1v) is 9.94. The van der Waals surface area contributed by atoms with E-state index in [4.69, 9.17) is 9.84 Å². The lowest BCUT2D eigenvalue weighted by atomic mass is 10.2. The van der Waals surface area contributed by atoms with Gasteiger partial charge in [0.15, 0.2) is 0 Å². The van der Waals surface area contributed by atoms with Gasteiger partial charge in [-0.15, -0.1) is 0 Å². The SMILES string of the molecule is O=C(O)CP(=O)(O)OC[C@H]1O[C@@H](n2cc(/C=C/Br)c(=O)[nH]c2=O)C[C@@H]1O. The second-order valence-corrected chi connectivity index (χ2v) is 7.84. The van der Waals surface area contributed by atoms with Crippen LogP contribution >= 0.6 is 23.5 Å². The summed E-state index contributed by atoms with van der Waals surface area (Å²) in [6.07, 6.45) is -1.58. The highest BCUT2D eigenvalue weighted by Crippen LogP contribution is 2.42. The number of H-pyrrole nitrogens is 1. The van der Waals surface area contributed by atoms with Crippen LogP contribution in [0, 0.1) is 0 Å². The summed E-state index contributed by atoms with van der Waals surface area (Å²) < 4.78 is 22.8. The number of hydrogen-bond acceptors (Lipinski definition) is 7. The number of aromatic nitrogens is 2. The smallest absolute Gasteiger partial charge is 0.339 e. The Balaban J connectivity index is 2.12. The van der Waals surface area contributed by atoms with E-state index in [0.29, 0.717) is 0 Å². The average molecular weight is 455 g/mol. The van der Waals surface area contributed by atoms with Gasteiger partial charge >= 0.3 is 19.3 Å². The lowest BCUT2D eigenvalue weighted by molar-refractivity contribution is -0.134. The van der Waals surface area contributed by atoms with Crippen molar-refractivity contribution in [3.8, 4) is 0 Å². The molecule has 4 N–H and O–H groups in total. The molecule has 0 saturated carbocycles. The van der Waals surface area contributed by atoms with Crippen LogP contribution in [0.4, 0.5) is 0 Å². The Bertz CT molecular complexity index is 864. The van der Waals surface area contributed by atoms with E-state index in [2.05, 4.69) is 25.4 Å². The average Bonchev–Trinajstić information content (AvgIpc) is 2.88. The Kier molecular flexibility index (Phi) is 6.72. The minimum atomic E-state index is -4.37. The number of aliphatic carboxylic acids is 1. The number of ether oxygens (including phenoxy) is 1. The molecule has 144 valence electrons. The molecule has 0 aliphatic carbocycles. The Labute approximate surface area is 154 Å². The van der Waals surface area contributed by atoms with Crippen LogP contribution in [0.25, 0.3) is 6.08 Å². The minimum absolute atomic E-state index is 0.0356. The highest BCUT2D eigenvalue weighted by molar-refractivity contribution is 9.11. The lowest BCUT2D eigenvalue weighted by Gasteiger charge is -2.18. The van der Waals surface area contributed by atoms with Crippen LogP contribution in [0.3, 0.4) is 0 Å². The van der Waals surface area contributed by atoms with Gasteiger partial charge in [0.25, 0.3) is 5.56 Å². The minimum Gasteiger partial charge on any atom is -0.481 e. The molecule has 4 atom stereocenters. The molecule has 0 radical (unpaired) electrons. The van der Waals surface area contributed by atoms with E-state index < -0.39 is 56.0 Å². The van der Waals surface area contributed by atoms with Crippen molar-refractivity contribution in [1.82, 2.24) is 9.55 Å². The molecule has 1 aliphatic rings. The number of carboxylic acid groups (broad SMARTS) is 1. The molecule has 11 nitrogen and oxygen atoms in total. The Morgan fingerprint density at radius 3 is 2.85 bits per heavy atom. The first kappa shape index (κ1) is 20.7. The summed E-state index contributed by atoms with van der Waals surface area (Å²) >= 11 is 3.02. The molecule has 0 bridgehead atoms. The summed E-state index contributed by atoms with van der Waals surface area (Å²) in [6, 6.07) is 0. The van der Waals surface area contributed by atoms with Crippen LogP contribution in [0.1, 0.15) is 18.2 Å². The second-order valence-electron chi connectivity index (χ2n) is 5.46. The fourth-order valence-electron chi connectivity index (χ4n) is 2.34. The normalized spacial score (nSPS) is 25.4. The molecule has 0 spiro atoms. The highest BCUT2D eigenvalue weighted by atomic mass is 79.9. The summed E-state index contributed by atoms with van der Waals surface area (Å²) in [5.41, 5.74) is -1.19. The predicted molar refractivity (Wildman–Crippen MR) is 92.1 cm³/mol. The Morgan fingerprint density at radius 2 is 2.23 bits per heavy atom. The fourth-order valence-corrected chi connectivity index (χ4v) is 3.44. The number of carboxylic acids is 1. The van der Waals surface area contributed by atoms with Crippen LogP contribution < -0.4 is 11.2 Å². The number of aliphatic hydroxyl groups is 1. The molecule has 13 heteroatoms. The zero-order valence-corrected chi connectivity index (χ0v) is 15.6. The maximum absolute atomic E-state index is 12.0. The van der Waals surface area contributed by atoms with Crippen LogP contribution in [-0.4, -0.2) is 55.6 Å². The predicted octanol–water partition coefficient (Wildman–Crippen LogP) is -0.163. The summed E-state index contributed by atoms with van der Waals surface area (Å²) in [5.74, 6) is -1.51. The molecular formula is C13H16BrN2O9P. The van der Waals surface area contributed by atoms with E-state index in [9.17, 15) is 28.9 Å². The van der Waals surface area contributed by atoms with E-state index in [1.807, 2.05) is 0 Å². The lowest BCUT2D eigenvalue weighted by Crippen LogP contribution is -2.33. The van der Waals surface area contributed by atoms with Crippen LogP contribution in [-0.2, 0) is 18.6 Å². The molecule has 1 aliphatic heterocycles. The molecule has 26 heavy (non-hydrogen) atoms. The van der Waals surface area contributed by atoms with Crippen molar-refractivity contribution >= 4 is 35.6 Å². The Hall–Kier alpha value is -1.56. The zero-order valence-electron chi connectivity index (χ0n) is 13.1. The van der Waals surface area contributed by atoms with Crippen LogP contribution in [0.15, 0.2) is 20.8 Å². The molecule has 0 amide bonds. The van der Waals surface area contributed by atoms with Gasteiger partial charge in [-0.3, -0.25) is 23.7 Å². The first-order valence-electron chi connectivity index (χ1n) is 7.27. The maximum atomic E-state index is 12.0. The van der Waals surface area contributed by atoms with Gasteiger partial charge in [-0.05, 0) is 11.1 Å². The van der Waals surface area contributed by atoms with E-state index in [0.717, 1.165) is 4.57 Å². The van der Waals surface area contributed by atoms with Gasteiger partial charge in [0.1, 0.15) is 18.5 Å². The topological polar surface area (TPSA) is 168 Å². The van der Waals surface area contributed by atoms with E-state index >= 15 is 0 Å². The molecule has 1 unspecified atom stereocenters. The largest absolute Gasteiger partial charge is 0.481 e. The molecule has 1 saturated heterocycles. The van der Waals surface area contributed by atoms with Crippen molar-refractivity contribution in [2.75, 3.05) is 12.8 Å². The third-order valence-corrected chi connectivity index (χ3v) is 5.01. The number of rotatable bonds is 7.